The van der Waals surface area contributed by atoms with Gasteiger partial charge in [-0.25, -0.2) is 4.39 Å². The van der Waals surface area contributed by atoms with Crippen LogP contribution in [0.5, 0.6) is 0 Å². The van der Waals surface area contributed by atoms with Gasteiger partial charge >= 0.3 is 0 Å². The summed E-state index contributed by atoms with van der Waals surface area (Å²) in [4.78, 5) is 11.7. The lowest BCUT2D eigenvalue weighted by Crippen LogP contribution is -2.27. The first-order valence-electron chi connectivity index (χ1n) is 6.60. The summed E-state index contributed by atoms with van der Waals surface area (Å²) in [7, 11) is 0. The van der Waals surface area contributed by atoms with Crippen LogP contribution in [0, 0.1) is 17.7 Å². The van der Waals surface area contributed by atoms with Gasteiger partial charge in [-0.05, 0) is 18.2 Å². The Bertz CT molecular complexity index is 556. The Morgan fingerprint density at radius 1 is 1.43 bits per heavy atom. The number of halogens is 1. The summed E-state index contributed by atoms with van der Waals surface area (Å²) in [5, 5.41) is 11.3. The molecular formula is C16H20FNO2S. The van der Waals surface area contributed by atoms with E-state index in [4.69, 9.17) is 5.11 Å². The van der Waals surface area contributed by atoms with E-state index in [9.17, 15) is 9.18 Å². The molecule has 0 aromatic heterocycles. The molecule has 0 saturated carbocycles. The standard InChI is InChI=1S/C16H20FNO2S/c1-16(2,3)21-11-15(20)18-10-13-9-12(5-4-8-19)6-7-14(13)17/h6-7,9,19H,8,10-11H2,1-3H3,(H,18,20). The van der Waals surface area contributed by atoms with Gasteiger partial charge in [-0.1, -0.05) is 32.6 Å². The van der Waals surface area contributed by atoms with Crippen molar-refractivity contribution in [1.82, 2.24) is 5.32 Å². The number of nitrogens with one attached hydrogen (secondary N) is 1. The number of carbonyl (C=O) groups excluding carboxylic acids is 1. The van der Waals surface area contributed by atoms with Crippen LogP contribution in [0.2, 0.25) is 0 Å². The third-order valence-electron chi connectivity index (χ3n) is 2.47. The fourth-order valence-corrected chi connectivity index (χ4v) is 2.12. The van der Waals surface area contributed by atoms with Gasteiger partial charge in [0.2, 0.25) is 5.91 Å². The SMILES string of the molecule is CC(C)(C)SCC(=O)NCc1cc(C#CCO)ccc1F. The Morgan fingerprint density at radius 3 is 2.76 bits per heavy atom. The minimum absolute atomic E-state index is 0.0163. The number of thioether (sulfide) groups is 1. The van der Waals surface area contributed by atoms with Crippen LogP contribution >= 0.6 is 11.8 Å². The second kappa shape index (κ2) is 8.06. The van der Waals surface area contributed by atoms with Gasteiger partial charge in [0.05, 0.1) is 5.75 Å². The molecule has 0 spiro atoms. The van der Waals surface area contributed by atoms with Crippen LogP contribution in [0.15, 0.2) is 18.2 Å². The van der Waals surface area contributed by atoms with Crippen molar-refractivity contribution in [3.05, 3.63) is 35.1 Å². The highest BCUT2D eigenvalue weighted by atomic mass is 32.2. The number of benzene rings is 1. The molecule has 0 aliphatic rings. The molecule has 0 radical (unpaired) electrons. The summed E-state index contributed by atoms with van der Waals surface area (Å²) < 4.78 is 13.7. The van der Waals surface area contributed by atoms with Gasteiger partial charge in [0, 0.05) is 22.4 Å². The Kier molecular flexibility index (Phi) is 6.73. The highest BCUT2D eigenvalue weighted by Gasteiger charge is 2.13. The smallest absolute Gasteiger partial charge is 0.230 e. The number of amides is 1. The third-order valence-corrected chi connectivity index (χ3v) is 3.74. The van der Waals surface area contributed by atoms with E-state index >= 15 is 0 Å². The number of rotatable bonds is 4. The normalized spacial score (nSPS) is 10.7. The second-order valence-corrected chi connectivity index (χ2v) is 7.25. The highest BCUT2D eigenvalue weighted by molar-refractivity contribution is 8.01. The van der Waals surface area contributed by atoms with Crippen LogP contribution in [0.4, 0.5) is 4.39 Å². The van der Waals surface area contributed by atoms with E-state index < -0.39 is 0 Å². The van der Waals surface area contributed by atoms with Gasteiger partial charge in [-0.3, -0.25) is 4.79 Å². The zero-order valence-corrected chi connectivity index (χ0v) is 13.3. The number of carbonyl (C=O) groups is 1. The molecule has 1 amide bonds. The summed E-state index contributed by atoms with van der Waals surface area (Å²) in [6, 6.07) is 4.43. The van der Waals surface area contributed by atoms with Crippen LogP contribution < -0.4 is 5.32 Å². The molecule has 114 valence electrons. The van der Waals surface area contributed by atoms with Crippen LogP contribution in [0.3, 0.4) is 0 Å². The zero-order chi connectivity index (χ0) is 15.9. The van der Waals surface area contributed by atoms with Crippen molar-refractivity contribution in [3.8, 4) is 11.8 Å². The predicted octanol–water partition coefficient (Wildman–Crippen LogP) is 2.32. The Labute approximate surface area is 129 Å². The fraction of sp³-hybridized carbons (Fsp3) is 0.438. The van der Waals surface area contributed by atoms with Crippen molar-refractivity contribution in [2.45, 2.75) is 32.1 Å². The lowest BCUT2D eigenvalue weighted by atomic mass is 10.1. The molecule has 5 heteroatoms. The molecule has 0 atom stereocenters. The molecule has 0 saturated heterocycles. The average molecular weight is 309 g/mol. The van der Waals surface area contributed by atoms with Crippen molar-refractivity contribution in [1.29, 1.82) is 0 Å². The summed E-state index contributed by atoms with van der Waals surface area (Å²) in [6.45, 7) is 5.99. The molecule has 1 aromatic carbocycles. The van der Waals surface area contributed by atoms with Gasteiger partial charge in [0.15, 0.2) is 0 Å². The maximum atomic E-state index is 13.7. The minimum atomic E-state index is -0.381. The van der Waals surface area contributed by atoms with Crippen LogP contribution in [0.1, 0.15) is 31.9 Å². The lowest BCUT2D eigenvalue weighted by Gasteiger charge is -2.17. The maximum Gasteiger partial charge on any atom is 0.230 e. The molecule has 3 nitrogen and oxygen atoms in total. The van der Waals surface area contributed by atoms with Crippen LogP contribution in [0.25, 0.3) is 0 Å². The summed E-state index contributed by atoms with van der Waals surface area (Å²) in [6.07, 6.45) is 0. The van der Waals surface area contributed by atoms with E-state index in [0.29, 0.717) is 16.9 Å². The first kappa shape index (κ1) is 17.5. The van der Waals surface area contributed by atoms with E-state index in [1.165, 1.54) is 17.8 Å². The molecule has 0 unspecified atom stereocenters. The predicted molar refractivity (Wildman–Crippen MR) is 84.4 cm³/mol. The molecule has 0 aliphatic carbocycles. The van der Waals surface area contributed by atoms with E-state index in [1.807, 2.05) is 20.8 Å². The number of hydrogen-bond acceptors (Lipinski definition) is 3. The van der Waals surface area contributed by atoms with Gasteiger partial charge < -0.3 is 10.4 Å². The first-order chi connectivity index (χ1) is 9.81. The average Bonchev–Trinajstić information content (AvgIpc) is 2.42. The summed E-state index contributed by atoms with van der Waals surface area (Å²) >= 11 is 1.54. The monoisotopic (exact) mass is 309 g/mol. The summed E-state index contributed by atoms with van der Waals surface area (Å²) in [5.74, 6) is 5.05. The molecule has 2 N–H and O–H groups in total. The van der Waals surface area contributed by atoms with Crippen molar-refractivity contribution in [3.63, 3.8) is 0 Å². The van der Waals surface area contributed by atoms with E-state index in [-0.39, 0.29) is 29.6 Å². The highest BCUT2D eigenvalue weighted by Crippen LogP contribution is 2.22. The van der Waals surface area contributed by atoms with Crippen molar-refractivity contribution < 1.29 is 14.3 Å². The van der Waals surface area contributed by atoms with Gasteiger partial charge in [0.25, 0.3) is 0 Å². The molecule has 1 rings (SSSR count). The van der Waals surface area contributed by atoms with E-state index in [0.717, 1.165) is 0 Å². The lowest BCUT2D eigenvalue weighted by molar-refractivity contribution is -0.118. The van der Waals surface area contributed by atoms with E-state index in [2.05, 4.69) is 17.2 Å². The van der Waals surface area contributed by atoms with Crippen LogP contribution in [-0.2, 0) is 11.3 Å². The summed E-state index contributed by atoms with van der Waals surface area (Å²) in [5.41, 5.74) is 0.993. The Morgan fingerprint density at radius 2 is 2.14 bits per heavy atom. The van der Waals surface area contributed by atoms with Crippen LogP contribution in [-0.4, -0.2) is 28.1 Å². The second-order valence-electron chi connectivity index (χ2n) is 5.44. The van der Waals surface area contributed by atoms with Gasteiger partial charge in [0.1, 0.15) is 12.4 Å². The molecule has 0 bridgehead atoms. The first-order valence-corrected chi connectivity index (χ1v) is 7.59. The van der Waals surface area contributed by atoms with E-state index in [1.54, 1.807) is 12.1 Å². The van der Waals surface area contributed by atoms with Crippen molar-refractivity contribution in [2.24, 2.45) is 0 Å². The largest absolute Gasteiger partial charge is 0.384 e. The topological polar surface area (TPSA) is 49.3 Å². The molecule has 0 fully saturated rings. The van der Waals surface area contributed by atoms with Crippen molar-refractivity contribution >= 4 is 17.7 Å². The molecule has 21 heavy (non-hydrogen) atoms. The maximum absolute atomic E-state index is 13.7. The minimum Gasteiger partial charge on any atom is -0.384 e. The van der Waals surface area contributed by atoms with Gasteiger partial charge in [-0.15, -0.1) is 11.8 Å². The third kappa shape index (κ3) is 7.16. The Hall–Kier alpha value is -1.51. The van der Waals surface area contributed by atoms with Crippen molar-refractivity contribution in [2.75, 3.05) is 12.4 Å². The molecular weight excluding hydrogens is 289 g/mol. The Balaban J connectivity index is 2.60. The zero-order valence-electron chi connectivity index (χ0n) is 12.5. The fourth-order valence-electron chi connectivity index (χ4n) is 1.46. The molecule has 1 aromatic rings. The number of hydrogen-bond donors (Lipinski definition) is 2. The quantitative estimate of drug-likeness (QED) is 0.839. The van der Waals surface area contributed by atoms with Gasteiger partial charge in [-0.2, -0.15) is 0 Å². The molecule has 0 aliphatic heterocycles. The molecule has 0 heterocycles. The number of aliphatic hydroxyl groups is 1. The number of aliphatic hydroxyl groups excluding tert-OH is 1.